The molecule has 0 bridgehead atoms. The molecule has 0 radical (unpaired) electrons. The third kappa shape index (κ3) is 4.57. The lowest BCUT2D eigenvalue weighted by Gasteiger charge is -2.27. The second-order valence-corrected chi connectivity index (χ2v) is 7.73. The van der Waals surface area contributed by atoms with Crippen molar-refractivity contribution in [3.63, 3.8) is 0 Å². The molecular weight excluding hydrogens is 418 g/mol. The fraction of sp³-hybridized carbons (Fsp3) is 0.192. The summed E-state index contributed by atoms with van der Waals surface area (Å²) in [6, 6.07) is 25.0. The lowest BCUT2D eigenvalue weighted by molar-refractivity contribution is -0.134. The monoisotopic (exact) mass is 443 g/mol. The third-order valence-corrected chi connectivity index (χ3v) is 5.52. The van der Waals surface area contributed by atoms with E-state index < -0.39 is 29.9 Å². The fourth-order valence-electron chi connectivity index (χ4n) is 4.00. The molecule has 1 unspecified atom stereocenters. The molecule has 1 atom stereocenters. The molecular formula is C26H25N3O4. The van der Waals surface area contributed by atoms with E-state index in [0.29, 0.717) is 23.6 Å². The Morgan fingerprint density at radius 2 is 1.58 bits per heavy atom. The van der Waals surface area contributed by atoms with Gasteiger partial charge in [0.25, 0.3) is 5.91 Å². The van der Waals surface area contributed by atoms with Crippen LogP contribution < -0.4 is 15.4 Å². The highest BCUT2D eigenvalue weighted by Crippen LogP contribution is 2.33. The van der Waals surface area contributed by atoms with Gasteiger partial charge in [0.15, 0.2) is 5.54 Å². The van der Waals surface area contributed by atoms with Crippen molar-refractivity contribution in [2.75, 3.05) is 18.5 Å². The van der Waals surface area contributed by atoms with E-state index in [-0.39, 0.29) is 6.42 Å². The summed E-state index contributed by atoms with van der Waals surface area (Å²) in [5.41, 5.74) is 0.752. The summed E-state index contributed by atoms with van der Waals surface area (Å²) >= 11 is 0. The molecule has 0 aromatic heterocycles. The molecule has 2 N–H and O–H groups in total. The zero-order valence-electron chi connectivity index (χ0n) is 18.3. The van der Waals surface area contributed by atoms with Crippen molar-refractivity contribution in [2.45, 2.75) is 18.9 Å². The van der Waals surface area contributed by atoms with E-state index in [9.17, 15) is 14.4 Å². The van der Waals surface area contributed by atoms with Gasteiger partial charge in [-0.2, -0.15) is 0 Å². The summed E-state index contributed by atoms with van der Waals surface area (Å²) < 4.78 is 5.53. The number of carbonyl (C=O) groups is 3. The van der Waals surface area contributed by atoms with Gasteiger partial charge in [0.05, 0.1) is 12.3 Å². The van der Waals surface area contributed by atoms with E-state index in [0.717, 1.165) is 10.5 Å². The number of amides is 4. The normalized spacial score (nSPS) is 17.5. The number of imide groups is 1. The minimum Gasteiger partial charge on any atom is -0.492 e. The number of urea groups is 1. The number of benzene rings is 3. The van der Waals surface area contributed by atoms with Crippen molar-refractivity contribution >= 4 is 23.5 Å². The maximum Gasteiger partial charge on any atom is 0.325 e. The van der Waals surface area contributed by atoms with Gasteiger partial charge in [-0.3, -0.25) is 14.5 Å². The number of para-hydroxylation sites is 2. The van der Waals surface area contributed by atoms with Gasteiger partial charge in [0, 0.05) is 6.42 Å². The molecule has 0 aliphatic carbocycles. The fourth-order valence-corrected chi connectivity index (χ4v) is 4.00. The number of ether oxygens (including phenoxy) is 1. The lowest BCUT2D eigenvalue weighted by Crippen LogP contribution is -2.46. The molecule has 1 fully saturated rings. The van der Waals surface area contributed by atoms with Crippen LogP contribution in [0.4, 0.5) is 10.5 Å². The molecule has 3 aromatic rings. The van der Waals surface area contributed by atoms with E-state index >= 15 is 0 Å². The first-order valence-electron chi connectivity index (χ1n) is 10.8. The topological polar surface area (TPSA) is 87.7 Å². The Morgan fingerprint density at radius 3 is 2.27 bits per heavy atom. The zero-order chi connectivity index (χ0) is 23.3. The van der Waals surface area contributed by atoms with Crippen LogP contribution in [0.25, 0.3) is 0 Å². The van der Waals surface area contributed by atoms with Crippen LogP contribution in [-0.4, -0.2) is 35.9 Å². The highest BCUT2D eigenvalue weighted by atomic mass is 16.5. The number of hydrogen-bond acceptors (Lipinski definition) is 4. The van der Waals surface area contributed by atoms with Gasteiger partial charge in [-0.1, -0.05) is 72.8 Å². The maximum absolute atomic E-state index is 13.6. The van der Waals surface area contributed by atoms with Gasteiger partial charge < -0.3 is 15.4 Å². The van der Waals surface area contributed by atoms with Crippen molar-refractivity contribution < 1.29 is 19.1 Å². The zero-order valence-corrected chi connectivity index (χ0v) is 18.3. The average Bonchev–Trinajstić information content (AvgIpc) is 3.06. The standard InChI is InChI=1S/C26H25N3O4/c1-2-33-22-16-10-9-15-21(22)27-23(30)18-29-24(31)26(28-25(29)32,20-13-7-4-8-14-20)17-19-11-5-3-6-12-19/h3-16H,2,17-18H2,1H3,(H,27,30)(H,28,32). The number of anilines is 1. The highest BCUT2D eigenvalue weighted by Gasteiger charge is 2.52. The van der Waals surface area contributed by atoms with Crippen LogP contribution in [0.3, 0.4) is 0 Å². The first kappa shape index (κ1) is 22.1. The summed E-state index contributed by atoms with van der Waals surface area (Å²) in [5, 5.41) is 5.61. The van der Waals surface area contributed by atoms with E-state index in [1.807, 2.05) is 67.6 Å². The first-order chi connectivity index (χ1) is 16.0. The summed E-state index contributed by atoms with van der Waals surface area (Å²) in [4.78, 5) is 40.3. The summed E-state index contributed by atoms with van der Waals surface area (Å²) in [6.45, 7) is 1.88. The van der Waals surface area contributed by atoms with Crippen molar-refractivity contribution in [1.29, 1.82) is 0 Å². The Balaban J connectivity index is 1.59. The van der Waals surface area contributed by atoms with Crippen molar-refractivity contribution in [1.82, 2.24) is 10.2 Å². The van der Waals surface area contributed by atoms with E-state index in [1.165, 1.54) is 0 Å². The van der Waals surface area contributed by atoms with Gasteiger partial charge in [0.2, 0.25) is 5.91 Å². The third-order valence-electron chi connectivity index (χ3n) is 5.52. The Kier molecular flexibility index (Phi) is 6.40. The number of rotatable bonds is 8. The highest BCUT2D eigenvalue weighted by molar-refractivity contribution is 6.10. The van der Waals surface area contributed by atoms with Crippen LogP contribution in [0.2, 0.25) is 0 Å². The Morgan fingerprint density at radius 1 is 0.939 bits per heavy atom. The van der Waals surface area contributed by atoms with Crippen molar-refractivity contribution in [2.24, 2.45) is 0 Å². The molecule has 4 rings (SSSR count). The maximum atomic E-state index is 13.6. The van der Waals surface area contributed by atoms with Gasteiger partial charge in [-0.05, 0) is 30.2 Å². The lowest BCUT2D eigenvalue weighted by atomic mass is 9.83. The number of carbonyl (C=O) groups excluding carboxylic acids is 3. The molecule has 1 aliphatic heterocycles. The molecule has 4 amide bonds. The smallest absolute Gasteiger partial charge is 0.325 e. The Bertz CT molecular complexity index is 1150. The van der Waals surface area contributed by atoms with E-state index in [4.69, 9.17) is 4.74 Å². The molecule has 0 saturated carbocycles. The Hall–Kier alpha value is -4.13. The summed E-state index contributed by atoms with van der Waals surface area (Å²) in [5.74, 6) is -0.432. The van der Waals surface area contributed by atoms with Gasteiger partial charge in [0.1, 0.15) is 12.3 Å². The molecule has 0 spiro atoms. The number of hydrogen-bond donors (Lipinski definition) is 2. The molecule has 7 nitrogen and oxygen atoms in total. The van der Waals surface area contributed by atoms with Crippen LogP contribution in [0, 0.1) is 0 Å². The molecule has 3 aromatic carbocycles. The second kappa shape index (κ2) is 9.56. The van der Waals surface area contributed by atoms with Crippen molar-refractivity contribution in [3.05, 3.63) is 96.1 Å². The van der Waals surface area contributed by atoms with Crippen LogP contribution in [0.15, 0.2) is 84.9 Å². The average molecular weight is 444 g/mol. The van der Waals surface area contributed by atoms with Crippen LogP contribution in [0.5, 0.6) is 5.75 Å². The first-order valence-corrected chi connectivity index (χ1v) is 10.8. The van der Waals surface area contributed by atoms with Crippen LogP contribution in [0.1, 0.15) is 18.1 Å². The molecule has 1 heterocycles. The van der Waals surface area contributed by atoms with Crippen molar-refractivity contribution in [3.8, 4) is 5.75 Å². The largest absolute Gasteiger partial charge is 0.492 e. The van der Waals surface area contributed by atoms with Gasteiger partial charge >= 0.3 is 6.03 Å². The summed E-state index contributed by atoms with van der Waals surface area (Å²) in [6.07, 6.45) is 0.272. The van der Waals surface area contributed by atoms with E-state index in [1.54, 1.807) is 24.3 Å². The second-order valence-electron chi connectivity index (χ2n) is 7.73. The predicted molar refractivity (Wildman–Crippen MR) is 125 cm³/mol. The number of nitrogens with one attached hydrogen (secondary N) is 2. The van der Waals surface area contributed by atoms with Crippen LogP contribution in [-0.2, 0) is 21.5 Å². The number of nitrogens with zero attached hydrogens (tertiary/aromatic N) is 1. The minimum atomic E-state index is -1.29. The van der Waals surface area contributed by atoms with Gasteiger partial charge in [-0.25, -0.2) is 4.79 Å². The quantitative estimate of drug-likeness (QED) is 0.520. The SMILES string of the molecule is CCOc1ccccc1NC(=O)CN1C(=O)NC(Cc2ccccc2)(c2ccccc2)C1=O. The molecule has 7 heteroatoms. The van der Waals surface area contributed by atoms with Gasteiger partial charge in [-0.15, -0.1) is 0 Å². The van der Waals surface area contributed by atoms with Crippen LogP contribution >= 0.6 is 0 Å². The van der Waals surface area contributed by atoms with E-state index in [2.05, 4.69) is 10.6 Å². The molecule has 168 valence electrons. The predicted octanol–water partition coefficient (Wildman–Crippen LogP) is 3.71. The molecule has 1 aliphatic rings. The molecule has 1 saturated heterocycles. The molecule has 33 heavy (non-hydrogen) atoms. The summed E-state index contributed by atoms with van der Waals surface area (Å²) in [7, 11) is 0. The Labute approximate surface area is 192 Å². The minimum absolute atomic E-state index is 0.272.